The van der Waals surface area contributed by atoms with E-state index in [2.05, 4.69) is 9.83 Å². The molecule has 0 atom stereocenters. The zero-order valence-corrected chi connectivity index (χ0v) is 16.1. The van der Waals surface area contributed by atoms with Crippen LogP contribution < -0.4 is 15.2 Å². The molecule has 0 aliphatic carbocycles. The fourth-order valence-electron chi connectivity index (χ4n) is 2.70. The summed E-state index contributed by atoms with van der Waals surface area (Å²) < 4.78 is 10.6. The van der Waals surface area contributed by atoms with E-state index < -0.39 is 0 Å². The second kappa shape index (κ2) is 7.75. The first-order chi connectivity index (χ1) is 13.0. The Hall–Kier alpha value is -2.94. The fraction of sp³-hybridized carbons (Fsp3) is 0.100. The van der Waals surface area contributed by atoms with Crippen molar-refractivity contribution in [3.05, 3.63) is 63.9 Å². The van der Waals surface area contributed by atoms with Gasteiger partial charge in [-0.1, -0.05) is 35.3 Å². The lowest BCUT2D eigenvalue weighted by Crippen LogP contribution is -1.96. The van der Waals surface area contributed by atoms with E-state index in [-0.39, 0.29) is 11.5 Å². The number of halogens is 2. The molecule has 0 saturated carbocycles. The third-order valence-corrected chi connectivity index (χ3v) is 4.78. The summed E-state index contributed by atoms with van der Waals surface area (Å²) in [5, 5.41) is 0.864. The fourth-order valence-corrected chi connectivity index (χ4v) is 3.00. The lowest BCUT2D eigenvalue weighted by atomic mass is 10.0. The zero-order chi connectivity index (χ0) is 19.6. The van der Waals surface area contributed by atoms with Crippen LogP contribution in [0, 0.1) is 6.57 Å². The molecule has 0 radical (unpaired) electrons. The van der Waals surface area contributed by atoms with E-state index in [9.17, 15) is 0 Å². The number of hydrogen-bond donors (Lipinski definition) is 1. The molecule has 0 spiro atoms. The molecule has 0 aliphatic heterocycles. The third kappa shape index (κ3) is 3.63. The Labute approximate surface area is 167 Å². The van der Waals surface area contributed by atoms with Gasteiger partial charge in [-0.15, -0.1) is 0 Å². The topological polar surface area (TPSA) is 61.7 Å². The largest absolute Gasteiger partial charge is 0.493 e. The highest BCUT2D eigenvalue weighted by Gasteiger charge is 2.16. The van der Waals surface area contributed by atoms with Crippen LogP contribution in [0.3, 0.4) is 0 Å². The van der Waals surface area contributed by atoms with Crippen molar-refractivity contribution in [3.8, 4) is 33.9 Å². The Balaban J connectivity index is 2.22. The van der Waals surface area contributed by atoms with Crippen LogP contribution in [0.1, 0.15) is 0 Å². The molecule has 0 unspecified atom stereocenters. The average molecular weight is 400 g/mol. The molecular formula is C20H15Cl2N3O2. The second-order valence-corrected chi connectivity index (χ2v) is 6.41. The van der Waals surface area contributed by atoms with Crippen molar-refractivity contribution in [1.82, 2.24) is 4.98 Å². The van der Waals surface area contributed by atoms with Crippen molar-refractivity contribution in [2.45, 2.75) is 0 Å². The first-order valence-electron chi connectivity index (χ1n) is 7.84. The minimum absolute atomic E-state index is 0.137. The van der Waals surface area contributed by atoms with E-state index in [1.807, 2.05) is 6.07 Å². The summed E-state index contributed by atoms with van der Waals surface area (Å²) in [5.41, 5.74) is 9.06. The standard InChI is InChI=1S/C20H15Cl2N3O2/c1-24-19-13(11-5-7-17(26-2)18(9-11)27-3)10-16(25-20(19)23)12-4-6-14(21)15(22)8-12/h4-10H,2-3H3,(H2,23,25). The monoisotopic (exact) mass is 399 g/mol. The molecule has 3 aromatic rings. The van der Waals surface area contributed by atoms with Crippen molar-refractivity contribution >= 4 is 34.7 Å². The number of nitrogens with zero attached hydrogens (tertiary/aromatic N) is 2. The van der Waals surface area contributed by atoms with Crippen LogP contribution >= 0.6 is 23.2 Å². The molecule has 1 heterocycles. The van der Waals surface area contributed by atoms with Crippen molar-refractivity contribution < 1.29 is 9.47 Å². The highest BCUT2D eigenvalue weighted by atomic mass is 35.5. The Bertz CT molecular complexity index is 1060. The normalized spacial score (nSPS) is 10.3. The smallest absolute Gasteiger partial charge is 0.235 e. The molecule has 0 saturated heterocycles. The van der Waals surface area contributed by atoms with Crippen LogP contribution in [0.15, 0.2) is 42.5 Å². The quantitative estimate of drug-likeness (QED) is 0.556. The van der Waals surface area contributed by atoms with E-state index in [1.54, 1.807) is 50.6 Å². The van der Waals surface area contributed by atoms with Gasteiger partial charge in [-0.25, -0.2) is 9.83 Å². The van der Waals surface area contributed by atoms with E-state index in [0.29, 0.717) is 32.8 Å². The van der Waals surface area contributed by atoms with Crippen molar-refractivity contribution in [2.75, 3.05) is 20.0 Å². The second-order valence-electron chi connectivity index (χ2n) is 5.60. The number of ether oxygens (including phenoxy) is 2. The number of rotatable bonds is 4. The summed E-state index contributed by atoms with van der Waals surface area (Å²) >= 11 is 12.1. The van der Waals surface area contributed by atoms with Gasteiger partial charge in [0.05, 0.1) is 36.5 Å². The van der Waals surface area contributed by atoms with Gasteiger partial charge in [0.2, 0.25) is 5.69 Å². The number of nitrogen functional groups attached to an aromatic ring is 1. The van der Waals surface area contributed by atoms with Gasteiger partial charge < -0.3 is 15.2 Å². The first kappa shape index (κ1) is 18.8. The first-order valence-corrected chi connectivity index (χ1v) is 8.60. The molecule has 1 aromatic heterocycles. The van der Waals surface area contributed by atoms with Gasteiger partial charge >= 0.3 is 0 Å². The van der Waals surface area contributed by atoms with E-state index >= 15 is 0 Å². The number of benzene rings is 2. The lowest BCUT2D eigenvalue weighted by molar-refractivity contribution is 0.355. The van der Waals surface area contributed by atoms with E-state index in [4.69, 9.17) is 45.0 Å². The number of aromatic nitrogens is 1. The summed E-state index contributed by atoms with van der Waals surface area (Å²) in [6, 6.07) is 12.4. The lowest BCUT2D eigenvalue weighted by Gasteiger charge is -2.13. The predicted molar refractivity (Wildman–Crippen MR) is 109 cm³/mol. The van der Waals surface area contributed by atoms with Gasteiger partial charge in [-0.2, -0.15) is 0 Å². The minimum Gasteiger partial charge on any atom is -0.493 e. The van der Waals surface area contributed by atoms with Crippen LogP contribution in [0.5, 0.6) is 11.5 Å². The zero-order valence-electron chi connectivity index (χ0n) is 14.6. The molecule has 136 valence electrons. The van der Waals surface area contributed by atoms with Gasteiger partial charge in [0.15, 0.2) is 11.5 Å². The maximum absolute atomic E-state index is 7.50. The van der Waals surface area contributed by atoms with Gasteiger partial charge in [0.25, 0.3) is 0 Å². The predicted octanol–water partition coefficient (Wildman–Crippen LogP) is 5.87. The maximum Gasteiger partial charge on any atom is 0.235 e. The SMILES string of the molecule is [C-]#[N+]c1c(-c2ccc(OC)c(OC)c2)cc(-c2ccc(Cl)c(Cl)c2)nc1N. The van der Waals surface area contributed by atoms with Crippen LogP contribution in [0.2, 0.25) is 10.0 Å². The number of hydrogen-bond acceptors (Lipinski definition) is 4. The highest BCUT2D eigenvalue weighted by molar-refractivity contribution is 6.42. The van der Waals surface area contributed by atoms with E-state index in [1.165, 1.54) is 0 Å². The maximum atomic E-state index is 7.50. The molecule has 0 fully saturated rings. The van der Waals surface area contributed by atoms with Gasteiger partial charge in [0.1, 0.15) is 5.82 Å². The van der Waals surface area contributed by atoms with Crippen molar-refractivity contribution in [3.63, 3.8) is 0 Å². The third-order valence-electron chi connectivity index (χ3n) is 4.04. The number of pyridine rings is 1. The molecule has 27 heavy (non-hydrogen) atoms. The molecule has 0 amide bonds. The highest BCUT2D eigenvalue weighted by Crippen LogP contribution is 2.41. The Morgan fingerprint density at radius 1 is 0.926 bits per heavy atom. The molecule has 0 aliphatic rings. The summed E-state index contributed by atoms with van der Waals surface area (Å²) in [5.74, 6) is 1.29. The summed E-state index contributed by atoms with van der Waals surface area (Å²) in [7, 11) is 3.12. The number of anilines is 1. The molecule has 2 N–H and O–H groups in total. The Kier molecular flexibility index (Phi) is 5.41. The van der Waals surface area contributed by atoms with Crippen molar-refractivity contribution in [2.24, 2.45) is 0 Å². The average Bonchev–Trinajstić information content (AvgIpc) is 2.68. The van der Waals surface area contributed by atoms with Gasteiger partial charge in [-0.05, 0) is 41.5 Å². The Morgan fingerprint density at radius 3 is 2.26 bits per heavy atom. The van der Waals surface area contributed by atoms with Gasteiger partial charge in [-0.3, -0.25) is 0 Å². The molecule has 2 aromatic carbocycles. The molecule has 0 bridgehead atoms. The Morgan fingerprint density at radius 2 is 1.63 bits per heavy atom. The van der Waals surface area contributed by atoms with Crippen LogP contribution in [-0.2, 0) is 0 Å². The van der Waals surface area contributed by atoms with Crippen LogP contribution in [-0.4, -0.2) is 19.2 Å². The summed E-state index contributed by atoms with van der Waals surface area (Å²) in [4.78, 5) is 7.91. The number of methoxy groups -OCH3 is 2. The van der Waals surface area contributed by atoms with E-state index in [0.717, 1.165) is 11.1 Å². The summed E-state index contributed by atoms with van der Waals surface area (Å²) in [6.45, 7) is 7.50. The summed E-state index contributed by atoms with van der Waals surface area (Å²) in [6.07, 6.45) is 0. The van der Waals surface area contributed by atoms with Crippen LogP contribution in [0.25, 0.3) is 27.2 Å². The molecule has 7 heteroatoms. The number of nitrogens with two attached hydrogens (primary N) is 1. The molecule has 3 rings (SSSR count). The molecule has 5 nitrogen and oxygen atoms in total. The minimum atomic E-state index is 0.137. The van der Waals surface area contributed by atoms with Crippen LogP contribution in [0.4, 0.5) is 11.5 Å². The van der Waals surface area contributed by atoms with Gasteiger partial charge in [0, 0.05) is 5.56 Å². The van der Waals surface area contributed by atoms with Crippen molar-refractivity contribution in [1.29, 1.82) is 0 Å². The molecular weight excluding hydrogens is 385 g/mol.